The Balaban J connectivity index is 1.97. The number of thiophene rings is 1. The molecule has 0 unspecified atom stereocenters. The maximum atomic E-state index is 12.1. The van der Waals surface area contributed by atoms with Gasteiger partial charge in [-0.1, -0.05) is 12.1 Å². The molecular formula is C16H20N2O3S. The van der Waals surface area contributed by atoms with E-state index in [0.29, 0.717) is 17.2 Å². The van der Waals surface area contributed by atoms with E-state index in [1.54, 1.807) is 43.8 Å². The van der Waals surface area contributed by atoms with Crippen LogP contribution in [0.4, 0.5) is 10.5 Å². The van der Waals surface area contributed by atoms with Crippen molar-refractivity contribution in [3.8, 4) is 11.5 Å². The van der Waals surface area contributed by atoms with Crippen molar-refractivity contribution in [1.82, 2.24) is 5.32 Å². The second-order valence-electron chi connectivity index (χ2n) is 4.82. The number of methoxy groups -OCH3 is 2. The first kappa shape index (κ1) is 16.2. The smallest absolute Gasteiger partial charge is 0.319 e. The zero-order valence-electron chi connectivity index (χ0n) is 12.9. The standard InChI is InChI=1S/C16H20N2O3S/c1-11(10-12-6-5-9-22-12)17-16(19)18-13-7-4-8-14(20-2)15(13)21-3/h4-9,11H,10H2,1-3H3,(H2,17,18,19)/t11-/m0/s1. The van der Waals surface area contributed by atoms with Crippen LogP contribution in [0, 0.1) is 0 Å². The highest BCUT2D eigenvalue weighted by Crippen LogP contribution is 2.34. The number of carbonyl (C=O) groups excluding carboxylic acids is 1. The SMILES string of the molecule is COc1cccc(NC(=O)N[C@@H](C)Cc2cccs2)c1OC. The quantitative estimate of drug-likeness (QED) is 0.856. The van der Waals surface area contributed by atoms with Crippen molar-refractivity contribution in [3.63, 3.8) is 0 Å². The molecule has 0 fully saturated rings. The van der Waals surface area contributed by atoms with E-state index < -0.39 is 0 Å². The molecule has 6 heteroatoms. The van der Waals surface area contributed by atoms with E-state index in [1.165, 1.54) is 4.88 Å². The Hall–Kier alpha value is -2.21. The maximum Gasteiger partial charge on any atom is 0.319 e. The fourth-order valence-electron chi connectivity index (χ4n) is 2.15. The van der Waals surface area contributed by atoms with Gasteiger partial charge in [-0.05, 0) is 30.5 Å². The number of carbonyl (C=O) groups is 1. The van der Waals surface area contributed by atoms with E-state index in [0.717, 1.165) is 6.42 Å². The fraction of sp³-hybridized carbons (Fsp3) is 0.312. The average molecular weight is 320 g/mol. The van der Waals surface area contributed by atoms with Crippen LogP contribution >= 0.6 is 11.3 Å². The van der Waals surface area contributed by atoms with E-state index in [4.69, 9.17) is 9.47 Å². The average Bonchev–Trinajstić information content (AvgIpc) is 2.99. The molecule has 0 saturated carbocycles. The van der Waals surface area contributed by atoms with Gasteiger partial charge in [0.05, 0.1) is 19.9 Å². The van der Waals surface area contributed by atoms with Gasteiger partial charge in [0.15, 0.2) is 11.5 Å². The summed E-state index contributed by atoms with van der Waals surface area (Å²) in [4.78, 5) is 13.3. The zero-order valence-corrected chi connectivity index (χ0v) is 13.7. The highest BCUT2D eigenvalue weighted by molar-refractivity contribution is 7.09. The van der Waals surface area contributed by atoms with Crippen molar-refractivity contribution in [2.75, 3.05) is 19.5 Å². The van der Waals surface area contributed by atoms with E-state index in [-0.39, 0.29) is 12.1 Å². The Morgan fingerprint density at radius 1 is 1.23 bits per heavy atom. The predicted molar refractivity (Wildman–Crippen MR) is 89.2 cm³/mol. The second-order valence-corrected chi connectivity index (χ2v) is 5.86. The van der Waals surface area contributed by atoms with E-state index in [9.17, 15) is 4.79 Å². The van der Waals surface area contributed by atoms with Crippen LogP contribution in [-0.4, -0.2) is 26.3 Å². The number of para-hydroxylation sites is 1. The third-order valence-electron chi connectivity index (χ3n) is 3.12. The largest absolute Gasteiger partial charge is 0.493 e. The zero-order chi connectivity index (χ0) is 15.9. The molecule has 0 spiro atoms. The van der Waals surface area contributed by atoms with Crippen molar-refractivity contribution in [1.29, 1.82) is 0 Å². The first-order valence-electron chi connectivity index (χ1n) is 6.95. The Labute approximate surface area is 134 Å². The monoisotopic (exact) mass is 320 g/mol. The van der Waals surface area contributed by atoms with Crippen LogP contribution < -0.4 is 20.1 Å². The van der Waals surface area contributed by atoms with Crippen molar-refractivity contribution in [3.05, 3.63) is 40.6 Å². The molecule has 0 aliphatic heterocycles. The maximum absolute atomic E-state index is 12.1. The van der Waals surface area contributed by atoms with Crippen LogP contribution in [0.15, 0.2) is 35.7 Å². The summed E-state index contributed by atoms with van der Waals surface area (Å²) in [6.45, 7) is 1.97. The molecule has 0 radical (unpaired) electrons. The van der Waals surface area contributed by atoms with Gasteiger partial charge in [-0.25, -0.2) is 4.79 Å². The van der Waals surface area contributed by atoms with Crippen LogP contribution in [0.3, 0.4) is 0 Å². The number of ether oxygens (including phenoxy) is 2. The number of rotatable bonds is 6. The minimum Gasteiger partial charge on any atom is -0.493 e. The van der Waals surface area contributed by atoms with Gasteiger partial charge in [0.1, 0.15) is 0 Å². The molecule has 5 nitrogen and oxygen atoms in total. The molecule has 2 N–H and O–H groups in total. The van der Waals surface area contributed by atoms with Crippen molar-refractivity contribution < 1.29 is 14.3 Å². The molecule has 2 amide bonds. The number of hydrogen-bond donors (Lipinski definition) is 2. The third kappa shape index (κ3) is 4.14. The van der Waals surface area contributed by atoms with Gasteiger partial charge in [0, 0.05) is 17.3 Å². The number of benzene rings is 1. The van der Waals surface area contributed by atoms with E-state index in [2.05, 4.69) is 16.7 Å². The molecule has 0 bridgehead atoms. The highest BCUT2D eigenvalue weighted by Gasteiger charge is 2.13. The number of amides is 2. The molecule has 0 aliphatic rings. The summed E-state index contributed by atoms with van der Waals surface area (Å²) >= 11 is 1.69. The molecular weight excluding hydrogens is 300 g/mol. The molecule has 0 saturated heterocycles. The van der Waals surface area contributed by atoms with Crippen molar-refractivity contribution >= 4 is 23.1 Å². The third-order valence-corrected chi connectivity index (χ3v) is 4.01. The predicted octanol–water partition coefficient (Wildman–Crippen LogP) is 3.52. The van der Waals surface area contributed by atoms with Crippen LogP contribution in [0.1, 0.15) is 11.8 Å². The molecule has 1 aromatic carbocycles. The summed E-state index contributed by atoms with van der Waals surface area (Å²) < 4.78 is 10.5. The molecule has 118 valence electrons. The van der Waals surface area contributed by atoms with Gasteiger partial charge in [0.2, 0.25) is 0 Å². The summed E-state index contributed by atoms with van der Waals surface area (Å²) in [6, 6.07) is 9.18. The summed E-state index contributed by atoms with van der Waals surface area (Å²) in [6.07, 6.45) is 0.806. The molecule has 1 atom stereocenters. The van der Waals surface area contributed by atoms with Gasteiger partial charge >= 0.3 is 6.03 Å². The number of nitrogens with one attached hydrogen (secondary N) is 2. The van der Waals surface area contributed by atoms with Gasteiger partial charge in [-0.2, -0.15) is 0 Å². The Kier molecular flexibility index (Phi) is 5.66. The first-order chi connectivity index (χ1) is 10.6. The van der Waals surface area contributed by atoms with Crippen molar-refractivity contribution in [2.45, 2.75) is 19.4 Å². The lowest BCUT2D eigenvalue weighted by molar-refractivity contribution is 0.249. The molecule has 1 heterocycles. The molecule has 2 rings (SSSR count). The van der Waals surface area contributed by atoms with E-state index >= 15 is 0 Å². The Bertz CT molecular complexity index is 614. The van der Waals surface area contributed by atoms with Gasteiger partial charge in [0.25, 0.3) is 0 Å². The minimum atomic E-state index is -0.268. The first-order valence-corrected chi connectivity index (χ1v) is 7.83. The number of hydrogen-bond acceptors (Lipinski definition) is 4. The van der Waals surface area contributed by atoms with Crippen LogP contribution in [0.5, 0.6) is 11.5 Å². The lowest BCUT2D eigenvalue weighted by atomic mass is 10.2. The second kappa shape index (κ2) is 7.70. The van der Waals surface area contributed by atoms with Crippen molar-refractivity contribution in [2.24, 2.45) is 0 Å². The molecule has 22 heavy (non-hydrogen) atoms. The fourth-order valence-corrected chi connectivity index (χ4v) is 2.98. The summed E-state index contributed by atoms with van der Waals surface area (Å²) in [5.41, 5.74) is 0.572. The normalized spacial score (nSPS) is 11.6. The molecule has 1 aromatic heterocycles. The van der Waals surface area contributed by atoms with Gasteiger partial charge in [-0.15, -0.1) is 11.3 Å². The van der Waals surface area contributed by atoms with Crippen LogP contribution in [0.2, 0.25) is 0 Å². The minimum absolute atomic E-state index is 0.0373. The lowest BCUT2D eigenvalue weighted by Gasteiger charge is -2.16. The van der Waals surface area contributed by atoms with Crippen LogP contribution in [0.25, 0.3) is 0 Å². The number of anilines is 1. The van der Waals surface area contributed by atoms with Gasteiger partial charge in [-0.3, -0.25) is 0 Å². The Morgan fingerprint density at radius 3 is 2.68 bits per heavy atom. The highest BCUT2D eigenvalue weighted by atomic mass is 32.1. The summed E-state index contributed by atoms with van der Waals surface area (Å²) in [5.74, 6) is 1.08. The summed E-state index contributed by atoms with van der Waals surface area (Å²) in [5, 5.41) is 7.74. The summed E-state index contributed by atoms with van der Waals surface area (Å²) in [7, 11) is 3.10. The molecule has 2 aromatic rings. The Morgan fingerprint density at radius 2 is 2.05 bits per heavy atom. The molecule has 0 aliphatic carbocycles. The van der Waals surface area contributed by atoms with Gasteiger partial charge < -0.3 is 20.1 Å². The van der Waals surface area contributed by atoms with E-state index in [1.807, 2.05) is 18.4 Å². The lowest BCUT2D eigenvalue weighted by Crippen LogP contribution is -2.37. The number of urea groups is 1. The topological polar surface area (TPSA) is 59.6 Å². The van der Waals surface area contributed by atoms with Crippen LogP contribution in [-0.2, 0) is 6.42 Å².